The number of methoxy groups -OCH3 is 1. The van der Waals surface area contributed by atoms with Gasteiger partial charge in [0, 0.05) is 0 Å². The van der Waals surface area contributed by atoms with Crippen LogP contribution in [-0.4, -0.2) is 34.8 Å². The number of pyridine rings is 1. The number of aromatic amines is 1. The fraction of sp³-hybridized carbons (Fsp3) is 0.188. The molecule has 0 saturated carbocycles. The first kappa shape index (κ1) is 15.6. The number of hydrogen-bond acceptors (Lipinski definition) is 6. The van der Waals surface area contributed by atoms with E-state index < -0.39 is 6.09 Å². The van der Waals surface area contributed by atoms with Crippen molar-refractivity contribution < 1.29 is 14.3 Å². The molecule has 0 unspecified atom stereocenters. The average Bonchev–Trinajstić information content (AvgIpc) is 2.97. The van der Waals surface area contributed by atoms with E-state index in [4.69, 9.17) is 9.47 Å². The van der Waals surface area contributed by atoms with Gasteiger partial charge in [-0.05, 0) is 25.1 Å². The quantitative estimate of drug-likeness (QED) is 0.665. The summed E-state index contributed by atoms with van der Waals surface area (Å²) in [6.45, 7) is 2.02. The van der Waals surface area contributed by atoms with Gasteiger partial charge >= 0.3 is 6.09 Å². The summed E-state index contributed by atoms with van der Waals surface area (Å²) in [7, 11) is 1.61. The molecule has 0 radical (unpaired) electrons. The van der Waals surface area contributed by atoms with Crippen molar-refractivity contribution in [2.24, 2.45) is 0 Å². The molecule has 2 aromatic heterocycles. The number of aromatic nitrogens is 3. The third kappa shape index (κ3) is 3.37. The van der Waals surface area contributed by atoms with E-state index in [1.165, 1.54) is 0 Å². The highest BCUT2D eigenvalue weighted by Gasteiger charge is 2.09. The lowest BCUT2D eigenvalue weighted by atomic mass is 10.2. The van der Waals surface area contributed by atoms with Crippen LogP contribution in [0.3, 0.4) is 0 Å². The monoisotopic (exact) mass is 327 g/mol. The van der Waals surface area contributed by atoms with Gasteiger partial charge in [-0.2, -0.15) is 0 Å². The van der Waals surface area contributed by atoms with Crippen molar-refractivity contribution >= 4 is 34.6 Å². The van der Waals surface area contributed by atoms with Crippen LogP contribution < -0.4 is 15.4 Å². The number of rotatable bonds is 5. The fourth-order valence-corrected chi connectivity index (χ4v) is 2.19. The van der Waals surface area contributed by atoms with E-state index in [0.29, 0.717) is 11.2 Å². The van der Waals surface area contributed by atoms with Crippen LogP contribution >= 0.6 is 0 Å². The Morgan fingerprint density at radius 2 is 2.17 bits per heavy atom. The Balaban J connectivity index is 1.82. The first-order valence-corrected chi connectivity index (χ1v) is 7.39. The average molecular weight is 327 g/mol. The Labute approximate surface area is 138 Å². The van der Waals surface area contributed by atoms with Crippen LogP contribution in [0.4, 0.5) is 22.1 Å². The molecule has 0 saturated heterocycles. The second kappa shape index (κ2) is 6.86. The van der Waals surface area contributed by atoms with Gasteiger partial charge < -0.3 is 19.8 Å². The third-order valence-electron chi connectivity index (χ3n) is 3.22. The van der Waals surface area contributed by atoms with Gasteiger partial charge in [-0.3, -0.25) is 5.32 Å². The highest BCUT2D eigenvalue weighted by atomic mass is 16.5. The molecule has 0 spiro atoms. The van der Waals surface area contributed by atoms with E-state index in [-0.39, 0.29) is 12.6 Å². The van der Waals surface area contributed by atoms with Crippen molar-refractivity contribution in [1.29, 1.82) is 0 Å². The number of benzene rings is 1. The summed E-state index contributed by atoms with van der Waals surface area (Å²) in [6, 6.07) is 9.40. The van der Waals surface area contributed by atoms with Gasteiger partial charge in [0.1, 0.15) is 11.3 Å². The number of carbonyl (C=O) groups is 1. The first-order valence-electron chi connectivity index (χ1n) is 7.39. The fourth-order valence-electron chi connectivity index (χ4n) is 2.19. The largest absolute Gasteiger partial charge is 0.495 e. The molecule has 0 aliphatic rings. The van der Waals surface area contributed by atoms with Crippen molar-refractivity contribution in [1.82, 2.24) is 15.0 Å². The van der Waals surface area contributed by atoms with Crippen LogP contribution in [0.2, 0.25) is 0 Å². The molecule has 3 aromatic rings. The lowest BCUT2D eigenvalue weighted by Crippen LogP contribution is -2.14. The normalized spacial score (nSPS) is 10.4. The van der Waals surface area contributed by atoms with Gasteiger partial charge in [-0.1, -0.05) is 12.1 Å². The number of anilines is 3. The standard InChI is InChI=1S/C16H17N5O3/c1-3-24-16(22)21-15-19-12-8-10(9-17-14(12)20-15)18-11-6-4-5-7-13(11)23-2/h4-9,18H,3H2,1-2H3,(H2,17,19,20,21,22). The van der Waals surface area contributed by atoms with Crippen molar-refractivity contribution in [2.75, 3.05) is 24.4 Å². The summed E-state index contributed by atoms with van der Waals surface area (Å²) < 4.78 is 10.1. The van der Waals surface area contributed by atoms with Gasteiger partial charge in [0.2, 0.25) is 5.95 Å². The molecule has 8 nitrogen and oxygen atoms in total. The number of imidazole rings is 1. The topological polar surface area (TPSA) is 101 Å². The number of para-hydroxylation sites is 2. The summed E-state index contributed by atoms with van der Waals surface area (Å²) in [5.41, 5.74) is 2.75. The minimum Gasteiger partial charge on any atom is -0.495 e. The van der Waals surface area contributed by atoms with Gasteiger partial charge in [-0.15, -0.1) is 0 Å². The number of carbonyl (C=O) groups excluding carboxylic acids is 1. The zero-order chi connectivity index (χ0) is 16.9. The predicted molar refractivity (Wildman–Crippen MR) is 90.8 cm³/mol. The van der Waals surface area contributed by atoms with Gasteiger partial charge in [0.25, 0.3) is 0 Å². The molecule has 3 N–H and O–H groups in total. The summed E-state index contributed by atoms with van der Waals surface area (Å²) in [5, 5.41) is 5.74. The molecule has 0 bridgehead atoms. The number of fused-ring (bicyclic) bond motifs is 1. The number of hydrogen-bond donors (Lipinski definition) is 3. The maximum atomic E-state index is 11.4. The molecule has 124 valence electrons. The Bertz CT molecular complexity index is 862. The second-order valence-corrected chi connectivity index (χ2v) is 4.85. The molecule has 0 aliphatic carbocycles. The summed E-state index contributed by atoms with van der Waals surface area (Å²) in [6.07, 6.45) is 1.10. The first-order chi connectivity index (χ1) is 11.7. The van der Waals surface area contributed by atoms with E-state index in [1.807, 2.05) is 30.3 Å². The number of nitrogens with zero attached hydrogens (tertiary/aromatic N) is 2. The van der Waals surface area contributed by atoms with Crippen LogP contribution in [0.1, 0.15) is 6.92 Å². The zero-order valence-electron chi connectivity index (χ0n) is 13.3. The summed E-state index contributed by atoms with van der Waals surface area (Å²) in [5.74, 6) is 1.01. The molecule has 1 aromatic carbocycles. The Morgan fingerprint density at radius 1 is 1.33 bits per heavy atom. The van der Waals surface area contributed by atoms with Gasteiger partial charge in [0.05, 0.1) is 31.3 Å². The number of ether oxygens (including phenoxy) is 2. The van der Waals surface area contributed by atoms with Crippen molar-refractivity contribution in [3.05, 3.63) is 36.5 Å². The SMILES string of the molecule is CCOC(=O)Nc1nc2cc(Nc3ccccc3OC)cnc2[nH]1. The highest BCUT2D eigenvalue weighted by molar-refractivity contribution is 5.86. The molecule has 24 heavy (non-hydrogen) atoms. The van der Waals surface area contributed by atoms with Gasteiger partial charge in [0.15, 0.2) is 5.65 Å². The molecule has 0 atom stereocenters. The lowest BCUT2D eigenvalue weighted by molar-refractivity contribution is 0.167. The predicted octanol–water partition coefficient (Wildman–Crippen LogP) is 3.28. The molecule has 0 aliphatic heterocycles. The molecule has 8 heteroatoms. The Kier molecular flexibility index (Phi) is 4.46. The van der Waals surface area contributed by atoms with Crippen LogP contribution in [0.25, 0.3) is 11.2 Å². The smallest absolute Gasteiger partial charge is 0.413 e. The van der Waals surface area contributed by atoms with Crippen molar-refractivity contribution in [3.63, 3.8) is 0 Å². The maximum Gasteiger partial charge on any atom is 0.413 e. The van der Waals surface area contributed by atoms with E-state index in [9.17, 15) is 4.79 Å². The van der Waals surface area contributed by atoms with E-state index >= 15 is 0 Å². The Morgan fingerprint density at radius 3 is 2.96 bits per heavy atom. The number of H-pyrrole nitrogens is 1. The van der Waals surface area contributed by atoms with E-state index in [1.54, 1.807) is 20.2 Å². The minimum absolute atomic E-state index is 0.283. The third-order valence-corrected chi connectivity index (χ3v) is 3.22. The zero-order valence-corrected chi connectivity index (χ0v) is 13.3. The van der Waals surface area contributed by atoms with Crippen LogP contribution in [0.5, 0.6) is 5.75 Å². The summed E-state index contributed by atoms with van der Waals surface area (Å²) >= 11 is 0. The van der Waals surface area contributed by atoms with Crippen molar-refractivity contribution in [2.45, 2.75) is 6.92 Å². The molecule has 2 heterocycles. The molecule has 1 amide bonds. The molecular formula is C16H17N5O3. The van der Waals surface area contributed by atoms with Crippen LogP contribution in [0, 0.1) is 0 Å². The second-order valence-electron chi connectivity index (χ2n) is 4.85. The number of amides is 1. The molecule has 0 fully saturated rings. The van der Waals surface area contributed by atoms with Gasteiger partial charge in [-0.25, -0.2) is 14.8 Å². The van der Waals surface area contributed by atoms with Crippen LogP contribution in [0.15, 0.2) is 36.5 Å². The van der Waals surface area contributed by atoms with E-state index in [0.717, 1.165) is 17.1 Å². The number of nitrogens with one attached hydrogen (secondary N) is 3. The lowest BCUT2D eigenvalue weighted by Gasteiger charge is -2.10. The van der Waals surface area contributed by atoms with Crippen LogP contribution in [-0.2, 0) is 4.74 Å². The maximum absolute atomic E-state index is 11.4. The minimum atomic E-state index is -0.566. The van der Waals surface area contributed by atoms with Crippen molar-refractivity contribution in [3.8, 4) is 5.75 Å². The molecular weight excluding hydrogens is 310 g/mol. The van der Waals surface area contributed by atoms with E-state index in [2.05, 4.69) is 25.6 Å². The highest BCUT2D eigenvalue weighted by Crippen LogP contribution is 2.27. The molecule has 3 rings (SSSR count). The Hall–Kier alpha value is -3.29. The summed E-state index contributed by atoms with van der Waals surface area (Å²) in [4.78, 5) is 22.9.